The van der Waals surface area contributed by atoms with Gasteiger partial charge in [0, 0.05) is 0 Å². The van der Waals surface area contributed by atoms with Gasteiger partial charge in [0.15, 0.2) is 0 Å². The highest BCUT2D eigenvalue weighted by Crippen LogP contribution is 2.24. The van der Waals surface area contributed by atoms with Crippen LogP contribution < -0.4 is 5.32 Å². The second-order valence-electron chi connectivity index (χ2n) is 5.54. The van der Waals surface area contributed by atoms with E-state index in [4.69, 9.17) is 9.84 Å². The first-order chi connectivity index (χ1) is 10.5. The van der Waals surface area contributed by atoms with Gasteiger partial charge >= 0.3 is 12.1 Å². The largest absolute Gasteiger partial charge is 0.481 e. The molecule has 0 unspecified atom stereocenters. The Morgan fingerprint density at radius 2 is 1.73 bits per heavy atom. The van der Waals surface area contributed by atoms with Crippen molar-refractivity contribution in [2.75, 3.05) is 0 Å². The van der Waals surface area contributed by atoms with Crippen LogP contribution in [-0.4, -0.2) is 22.7 Å². The molecule has 0 atom stereocenters. The highest BCUT2D eigenvalue weighted by molar-refractivity contribution is 5.72. The van der Waals surface area contributed by atoms with E-state index in [9.17, 15) is 9.59 Å². The molecule has 0 heterocycles. The number of nitrogens with one attached hydrogen (secondary N) is 1. The molecule has 5 heteroatoms. The molecular weight excluding hydrogens is 282 g/mol. The van der Waals surface area contributed by atoms with Gasteiger partial charge in [-0.1, -0.05) is 57.0 Å². The lowest BCUT2D eigenvalue weighted by molar-refractivity contribution is -0.138. The fraction of sp³-hybridized carbons (Fsp3) is 0.529. The van der Waals surface area contributed by atoms with Gasteiger partial charge in [-0.15, -0.1) is 0 Å². The zero-order chi connectivity index (χ0) is 16.4. The van der Waals surface area contributed by atoms with Gasteiger partial charge in [0.2, 0.25) is 0 Å². The summed E-state index contributed by atoms with van der Waals surface area (Å²) in [6.45, 7) is 4.13. The van der Waals surface area contributed by atoms with Gasteiger partial charge in [-0.3, -0.25) is 4.79 Å². The zero-order valence-corrected chi connectivity index (χ0v) is 13.3. The summed E-state index contributed by atoms with van der Waals surface area (Å²) in [7, 11) is 0. The Kier molecular flexibility index (Phi) is 7.43. The van der Waals surface area contributed by atoms with Gasteiger partial charge in [0.1, 0.15) is 6.61 Å². The lowest BCUT2D eigenvalue weighted by Crippen LogP contribution is -2.50. The van der Waals surface area contributed by atoms with Crippen molar-refractivity contribution in [3.63, 3.8) is 0 Å². The number of amides is 1. The van der Waals surface area contributed by atoms with Crippen LogP contribution in [0.4, 0.5) is 4.79 Å². The van der Waals surface area contributed by atoms with E-state index in [2.05, 4.69) is 5.32 Å². The quantitative estimate of drug-likeness (QED) is 0.729. The molecule has 22 heavy (non-hydrogen) atoms. The zero-order valence-electron chi connectivity index (χ0n) is 13.3. The van der Waals surface area contributed by atoms with Gasteiger partial charge in [0.05, 0.1) is 12.0 Å². The molecule has 1 rings (SSSR count). The van der Waals surface area contributed by atoms with E-state index >= 15 is 0 Å². The molecule has 2 N–H and O–H groups in total. The Morgan fingerprint density at radius 3 is 2.23 bits per heavy atom. The summed E-state index contributed by atoms with van der Waals surface area (Å²) in [4.78, 5) is 23.2. The first-order valence-corrected chi connectivity index (χ1v) is 7.72. The van der Waals surface area contributed by atoms with E-state index in [0.29, 0.717) is 12.8 Å². The third-order valence-corrected chi connectivity index (χ3v) is 3.53. The first-order valence-electron chi connectivity index (χ1n) is 7.72. The third kappa shape index (κ3) is 6.16. The number of carbonyl (C=O) groups is 2. The maximum absolute atomic E-state index is 12.0. The molecule has 0 fully saturated rings. The van der Waals surface area contributed by atoms with Crippen molar-refractivity contribution in [3.05, 3.63) is 35.9 Å². The molecule has 0 saturated heterocycles. The Balaban J connectivity index is 2.66. The predicted molar refractivity (Wildman–Crippen MR) is 84.6 cm³/mol. The van der Waals surface area contributed by atoms with Crippen molar-refractivity contribution in [2.45, 2.75) is 58.1 Å². The maximum Gasteiger partial charge on any atom is 0.407 e. The van der Waals surface area contributed by atoms with Crippen LogP contribution in [0, 0.1) is 0 Å². The van der Waals surface area contributed by atoms with Gasteiger partial charge in [-0.05, 0) is 18.4 Å². The number of carboxylic acid groups (broad SMARTS) is 1. The maximum atomic E-state index is 12.0. The summed E-state index contributed by atoms with van der Waals surface area (Å²) in [6.07, 6.45) is 2.18. The van der Waals surface area contributed by atoms with Crippen LogP contribution in [0.5, 0.6) is 0 Å². The van der Waals surface area contributed by atoms with Crippen molar-refractivity contribution in [1.29, 1.82) is 0 Å². The van der Waals surface area contributed by atoms with Gasteiger partial charge in [-0.25, -0.2) is 4.79 Å². The lowest BCUT2D eigenvalue weighted by atomic mass is 9.85. The van der Waals surface area contributed by atoms with Crippen molar-refractivity contribution >= 4 is 12.1 Å². The van der Waals surface area contributed by atoms with Crippen LogP contribution in [0.25, 0.3) is 0 Å². The van der Waals surface area contributed by atoms with Crippen LogP contribution in [0.1, 0.15) is 51.5 Å². The van der Waals surface area contributed by atoms with Crippen LogP contribution in [0.3, 0.4) is 0 Å². The lowest BCUT2D eigenvalue weighted by Gasteiger charge is -2.32. The Morgan fingerprint density at radius 1 is 1.14 bits per heavy atom. The molecule has 0 aliphatic heterocycles. The molecule has 1 aromatic carbocycles. The van der Waals surface area contributed by atoms with Crippen LogP contribution >= 0.6 is 0 Å². The molecule has 0 aliphatic rings. The predicted octanol–water partition coefficient (Wildman–Crippen LogP) is 3.73. The minimum absolute atomic E-state index is 0.0882. The number of hydrogen-bond acceptors (Lipinski definition) is 3. The summed E-state index contributed by atoms with van der Waals surface area (Å²) in [5.74, 6) is -0.912. The Hall–Kier alpha value is -2.04. The van der Waals surface area contributed by atoms with E-state index in [1.165, 1.54) is 0 Å². The fourth-order valence-electron chi connectivity index (χ4n) is 2.69. The number of rotatable bonds is 9. The van der Waals surface area contributed by atoms with Crippen molar-refractivity contribution in [3.8, 4) is 0 Å². The second kappa shape index (κ2) is 9.07. The third-order valence-electron chi connectivity index (χ3n) is 3.53. The van der Waals surface area contributed by atoms with E-state index in [1.807, 2.05) is 44.2 Å². The molecule has 0 saturated carbocycles. The van der Waals surface area contributed by atoms with Crippen LogP contribution in [0.2, 0.25) is 0 Å². The monoisotopic (exact) mass is 307 g/mol. The number of benzene rings is 1. The average molecular weight is 307 g/mol. The highest BCUT2D eigenvalue weighted by Gasteiger charge is 2.33. The molecule has 0 aliphatic carbocycles. The molecule has 1 aromatic rings. The number of carboxylic acids is 1. The highest BCUT2D eigenvalue weighted by atomic mass is 16.5. The minimum Gasteiger partial charge on any atom is -0.481 e. The fourth-order valence-corrected chi connectivity index (χ4v) is 2.69. The van der Waals surface area contributed by atoms with E-state index in [-0.39, 0.29) is 13.0 Å². The summed E-state index contributed by atoms with van der Waals surface area (Å²) in [5, 5.41) is 11.9. The molecule has 0 bridgehead atoms. The Bertz CT molecular complexity index is 467. The van der Waals surface area contributed by atoms with Crippen LogP contribution in [-0.2, 0) is 16.1 Å². The number of ether oxygens (including phenoxy) is 1. The standard InChI is InChI=1S/C17H25NO4/c1-3-10-17(11-4-2,12-15(19)20)18-16(21)22-13-14-8-6-5-7-9-14/h5-9H,3-4,10-13H2,1-2H3,(H,18,21)(H,19,20). The summed E-state index contributed by atoms with van der Waals surface area (Å²) in [6, 6.07) is 9.38. The second-order valence-corrected chi connectivity index (χ2v) is 5.54. The number of hydrogen-bond donors (Lipinski definition) is 2. The number of carbonyl (C=O) groups excluding carboxylic acids is 1. The average Bonchev–Trinajstić information content (AvgIpc) is 2.46. The molecule has 0 aromatic heterocycles. The molecule has 5 nitrogen and oxygen atoms in total. The molecular formula is C17H25NO4. The van der Waals surface area contributed by atoms with E-state index in [1.54, 1.807) is 0 Å². The van der Waals surface area contributed by atoms with Gasteiger partial charge in [0.25, 0.3) is 0 Å². The van der Waals surface area contributed by atoms with E-state index < -0.39 is 17.6 Å². The normalized spacial score (nSPS) is 11.0. The smallest absolute Gasteiger partial charge is 0.407 e. The van der Waals surface area contributed by atoms with Gasteiger partial charge in [-0.2, -0.15) is 0 Å². The SMILES string of the molecule is CCCC(CCC)(CC(=O)O)NC(=O)OCc1ccccc1. The van der Waals surface area contributed by atoms with E-state index in [0.717, 1.165) is 18.4 Å². The molecule has 0 spiro atoms. The van der Waals surface area contributed by atoms with Crippen molar-refractivity contribution < 1.29 is 19.4 Å². The first kappa shape index (κ1) is 18.0. The Labute approximate surface area is 131 Å². The van der Waals surface area contributed by atoms with Crippen LogP contribution in [0.15, 0.2) is 30.3 Å². The topological polar surface area (TPSA) is 75.6 Å². The number of alkyl carbamates (subject to hydrolysis) is 1. The van der Waals surface area contributed by atoms with Gasteiger partial charge < -0.3 is 15.2 Å². The molecule has 1 amide bonds. The van der Waals surface area contributed by atoms with Crippen molar-refractivity contribution in [2.24, 2.45) is 0 Å². The summed E-state index contributed by atoms with van der Waals surface area (Å²) >= 11 is 0. The minimum atomic E-state index is -0.912. The van der Waals surface area contributed by atoms with Crippen molar-refractivity contribution in [1.82, 2.24) is 5.32 Å². The molecule has 0 radical (unpaired) electrons. The number of aliphatic carboxylic acids is 1. The summed E-state index contributed by atoms with van der Waals surface area (Å²) in [5.41, 5.74) is 0.163. The molecule has 122 valence electrons. The summed E-state index contributed by atoms with van der Waals surface area (Å²) < 4.78 is 5.21.